The topological polar surface area (TPSA) is 26.3 Å². The summed E-state index contributed by atoms with van der Waals surface area (Å²) in [6.45, 7) is 8.01. The lowest BCUT2D eigenvalue weighted by molar-refractivity contribution is -0.137. The van der Waals surface area contributed by atoms with Crippen molar-refractivity contribution in [2.45, 2.75) is 53.4 Å². The van der Waals surface area contributed by atoms with Gasteiger partial charge in [-0.05, 0) is 30.3 Å². The number of rotatable bonds is 1. The lowest BCUT2D eigenvalue weighted by Gasteiger charge is -2.29. The molecule has 1 aliphatic rings. The largest absolute Gasteiger partial charge is 0.431 e. The summed E-state index contributed by atoms with van der Waals surface area (Å²) in [6, 6.07) is 0. The maximum atomic E-state index is 10.9. The van der Waals surface area contributed by atoms with Gasteiger partial charge in [-0.3, -0.25) is 4.79 Å². The fraction of sp³-hybridized carbons (Fsp3) is 0.750. The maximum absolute atomic E-state index is 10.9. The van der Waals surface area contributed by atoms with Crippen LogP contribution in [-0.4, -0.2) is 5.97 Å². The van der Waals surface area contributed by atoms with Gasteiger partial charge in [-0.1, -0.05) is 20.8 Å². The first-order chi connectivity index (χ1) is 6.41. The van der Waals surface area contributed by atoms with Crippen LogP contribution in [0.4, 0.5) is 0 Å². The molecule has 0 radical (unpaired) electrons. The van der Waals surface area contributed by atoms with E-state index in [4.69, 9.17) is 4.74 Å². The predicted octanol–water partition coefficient (Wildman–Crippen LogP) is 3.42. The molecule has 0 saturated heterocycles. The van der Waals surface area contributed by atoms with Gasteiger partial charge in [0.05, 0.1) is 0 Å². The molecule has 2 nitrogen and oxygen atoms in total. The summed E-state index contributed by atoms with van der Waals surface area (Å²) >= 11 is 0. The molecule has 0 saturated carbocycles. The number of esters is 1. The number of hydrogen-bond acceptors (Lipinski definition) is 2. The Hall–Kier alpha value is -0.790. The molecule has 1 aliphatic carbocycles. The van der Waals surface area contributed by atoms with Crippen molar-refractivity contribution < 1.29 is 9.53 Å². The van der Waals surface area contributed by atoms with Crippen LogP contribution in [0.3, 0.4) is 0 Å². The van der Waals surface area contributed by atoms with E-state index in [2.05, 4.69) is 20.8 Å². The number of allylic oxidation sites excluding steroid dienone is 2. The Morgan fingerprint density at radius 2 is 1.79 bits per heavy atom. The summed E-state index contributed by atoms with van der Waals surface area (Å²) in [5.41, 5.74) is 1.45. The van der Waals surface area contributed by atoms with Crippen LogP contribution in [0, 0.1) is 5.41 Å². The van der Waals surface area contributed by atoms with Gasteiger partial charge in [0.25, 0.3) is 0 Å². The fourth-order valence-electron chi connectivity index (χ4n) is 1.96. The van der Waals surface area contributed by atoms with Crippen LogP contribution in [0.15, 0.2) is 11.3 Å². The second-order valence-electron chi connectivity index (χ2n) is 4.95. The Morgan fingerprint density at radius 3 is 2.29 bits per heavy atom. The van der Waals surface area contributed by atoms with Gasteiger partial charge in [0.15, 0.2) is 0 Å². The van der Waals surface area contributed by atoms with Crippen molar-refractivity contribution in [2.24, 2.45) is 5.41 Å². The average Bonchev–Trinajstić information content (AvgIpc) is 2.01. The normalized spacial score (nSPS) is 18.3. The molecule has 0 atom stereocenters. The van der Waals surface area contributed by atoms with E-state index in [9.17, 15) is 4.79 Å². The molecular weight excluding hydrogens is 176 g/mol. The van der Waals surface area contributed by atoms with E-state index in [1.165, 1.54) is 18.9 Å². The lowest BCUT2D eigenvalue weighted by atomic mass is 9.79. The van der Waals surface area contributed by atoms with Gasteiger partial charge in [-0.25, -0.2) is 0 Å². The molecule has 0 unspecified atom stereocenters. The van der Waals surface area contributed by atoms with Gasteiger partial charge in [-0.2, -0.15) is 0 Å². The monoisotopic (exact) mass is 196 g/mol. The van der Waals surface area contributed by atoms with Gasteiger partial charge >= 0.3 is 5.97 Å². The molecule has 0 heterocycles. The highest BCUT2D eigenvalue weighted by Gasteiger charge is 2.25. The zero-order valence-corrected chi connectivity index (χ0v) is 9.64. The van der Waals surface area contributed by atoms with Crippen LogP contribution in [0.1, 0.15) is 53.4 Å². The molecule has 14 heavy (non-hydrogen) atoms. The van der Waals surface area contributed by atoms with Crippen molar-refractivity contribution in [3.63, 3.8) is 0 Å². The summed E-state index contributed by atoms with van der Waals surface area (Å²) in [5.74, 6) is 0.736. The zero-order chi connectivity index (χ0) is 10.8. The van der Waals surface area contributed by atoms with Crippen LogP contribution in [0.2, 0.25) is 0 Å². The molecule has 0 spiro atoms. The first-order valence-corrected chi connectivity index (χ1v) is 5.32. The van der Waals surface area contributed by atoms with Gasteiger partial charge < -0.3 is 4.74 Å². The fourth-order valence-corrected chi connectivity index (χ4v) is 1.96. The van der Waals surface area contributed by atoms with E-state index in [1.807, 2.05) is 0 Å². The summed E-state index contributed by atoms with van der Waals surface area (Å²) in [7, 11) is 0. The minimum absolute atomic E-state index is 0.130. The maximum Gasteiger partial charge on any atom is 0.307 e. The zero-order valence-electron chi connectivity index (χ0n) is 9.64. The summed E-state index contributed by atoms with van der Waals surface area (Å²) in [6.07, 6.45) is 4.36. The van der Waals surface area contributed by atoms with Gasteiger partial charge in [0.2, 0.25) is 0 Å². The molecule has 2 heteroatoms. The predicted molar refractivity (Wildman–Crippen MR) is 56.7 cm³/mol. The number of carbonyl (C=O) groups excluding carboxylic acids is 1. The Kier molecular flexibility index (Phi) is 3.35. The molecular formula is C12H20O2. The third-order valence-corrected chi connectivity index (χ3v) is 2.59. The molecule has 0 N–H and O–H groups in total. The van der Waals surface area contributed by atoms with Crippen molar-refractivity contribution in [1.82, 2.24) is 0 Å². The minimum atomic E-state index is -0.191. The summed E-state index contributed by atoms with van der Waals surface area (Å²) in [4.78, 5) is 10.9. The number of hydrogen-bond donors (Lipinski definition) is 0. The molecule has 0 aliphatic heterocycles. The highest BCUT2D eigenvalue weighted by Crippen LogP contribution is 2.37. The smallest absolute Gasteiger partial charge is 0.307 e. The van der Waals surface area contributed by atoms with E-state index in [1.54, 1.807) is 0 Å². The van der Waals surface area contributed by atoms with E-state index in [0.717, 1.165) is 25.0 Å². The molecule has 0 aromatic rings. The molecule has 0 bridgehead atoms. The SMILES string of the molecule is CC(=O)OC1=C(C(C)(C)C)CCCC1. The average molecular weight is 196 g/mol. The van der Waals surface area contributed by atoms with Crippen LogP contribution >= 0.6 is 0 Å². The third-order valence-electron chi connectivity index (χ3n) is 2.59. The second kappa shape index (κ2) is 4.16. The molecule has 80 valence electrons. The minimum Gasteiger partial charge on any atom is -0.431 e. The number of ether oxygens (including phenoxy) is 1. The molecule has 1 rings (SSSR count). The summed E-state index contributed by atoms with van der Waals surface area (Å²) in [5, 5.41) is 0. The Balaban J connectivity index is 2.91. The Morgan fingerprint density at radius 1 is 1.21 bits per heavy atom. The van der Waals surface area contributed by atoms with Crippen LogP contribution in [-0.2, 0) is 9.53 Å². The van der Waals surface area contributed by atoms with E-state index in [-0.39, 0.29) is 11.4 Å². The Bertz CT molecular complexity index is 256. The van der Waals surface area contributed by atoms with Gasteiger partial charge in [0, 0.05) is 13.3 Å². The van der Waals surface area contributed by atoms with Gasteiger partial charge in [-0.15, -0.1) is 0 Å². The number of carbonyl (C=O) groups is 1. The van der Waals surface area contributed by atoms with Crippen molar-refractivity contribution >= 4 is 5.97 Å². The van der Waals surface area contributed by atoms with Crippen molar-refractivity contribution in [3.8, 4) is 0 Å². The van der Waals surface area contributed by atoms with E-state index in [0.29, 0.717) is 0 Å². The second-order valence-corrected chi connectivity index (χ2v) is 4.95. The Labute approximate surface area is 86.3 Å². The van der Waals surface area contributed by atoms with Crippen molar-refractivity contribution in [2.75, 3.05) is 0 Å². The van der Waals surface area contributed by atoms with Crippen LogP contribution in [0.25, 0.3) is 0 Å². The van der Waals surface area contributed by atoms with Crippen molar-refractivity contribution in [1.29, 1.82) is 0 Å². The van der Waals surface area contributed by atoms with Crippen LogP contribution in [0.5, 0.6) is 0 Å². The first-order valence-electron chi connectivity index (χ1n) is 5.32. The lowest BCUT2D eigenvalue weighted by Crippen LogP contribution is -2.17. The molecule has 0 aromatic carbocycles. The van der Waals surface area contributed by atoms with E-state index < -0.39 is 0 Å². The standard InChI is InChI=1S/C12H20O2/c1-9(13)14-11-8-6-5-7-10(11)12(2,3)4/h5-8H2,1-4H3. The van der Waals surface area contributed by atoms with Gasteiger partial charge in [0.1, 0.15) is 5.76 Å². The quantitative estimate of drug-likeness (QED) is 0.601. The highest BCUT2D eigenvalue weighted by atomic mass is 16.5. The molecule has 0 amide bonds. The van der Waals surface area contributed by atoms with Crippen LogP contribution < -0.4 is 0 Å². The molecule has 0 fully saturated rings. The van der Waals surface area contributed by atoms with E-state index >= 15 is 0 Å². The molecule has 0 aromatic heterocycles. The first kappa shape index (κ1) is 11.3. The van der Waals surface area contributed by atoms with Crippen molar-refractivity contribution in [3.05, 3.63) is 11.3 Å². The highest BCUT2D eigenvalue weighted by molar-refractivity contribution is 5.67. The summed E-state index contributed by atoms with van der Waals surface area (Å²) < 4.78 is 5.27. The third kappa shape index (κ3) is 2.86.